The van der Waals surface area contributed by atoms with E-state index in [1.165, 1.54) is 11.3 Å². The maximum atomic E-state index is 12.6. The highest BCUT2D eigenvalue weighted by atomic mass is 32.1. The Morgan fingerprint density at radius 3 is 2.65 bits per heavy atom. The molecule has 20 heavy (non-hydrogen) atoms. The number of nitrogens with one attached hydrogen (secondary N) is 1. The summed E-state index contributed by atoms with van der Waals surface area (Å²) < 4.78 is 0. The summed E-state index contributed by atoms with van der Waals surface area (Å²) >= 11 is 1.44. The number of aromatic nitrogens is 1. The van der Waals surface area contributed by atoms with Crippen molar-refractivity contribution in [2.45, 2.75) is 18.9 Å². The van der Waals surface area contributed by atoms with Gasteiger partial charge in [-0.1, -0.05) is 30.3 Å². The van der Waals surface area contributed by atoms with Crippen molar-refractivity contribution in [1.82, 2.24) is 9.88 Å². The second-order valence-corrected chi connectivity index (χ2v) is 5.78. The van der Waals surface area contributed by atoms with Gasteiger partial charge in [0.15, 0.2) is 5.13 Å². The minimum Gasteiger partial charge on any atom is -0.300 e. The fourth-order valence-electron chi connectivity index (χ4n) is 2.62. The molecule has 0 radical (unpaired) electrons. The number of thiazole rings is 1. The molecule has 1 amide bonds. The van der Waals surface area contributed by atoms with Crippen LogP contribution in [-0.2, 0) is 4.79 Å². The van der Waals surface area contributed by atoms with E-state index >= 15 is 0 Å². The molecule has 1 fully saturated rings. The van der Waals surface area contributed by atoms with Gasteiger partial charge in [0.05, 0.1) is 0 Å². The number of benzene rings is 1. The molecule has 1 N–H and O–H groups in total. The first-order chi connectivity index (χ1) is 9.84. The van der Waals surface area contributed by atoms with Crippen LogP contribution < -0.4 is 5.32 Å². The van der Waals surface area contributed by atoms with E-state index in [9.17, 15) is 4.79 Å². The van der Waals surface area contributed by atoms with Gasteiger partial charge in [0, 0.05) is 11.6 Å². The van der Waals surface area contributed by atoms with E-state index in [4.69, 9.17) is 0 Å². The van der Waals surface area contributed by atoms with E-state index in [1.54, 1.807) is 6.20 Å². The molecule has 1 aromatic carbocycles. The Labute approximate surface area is 122 Å². The molecule has 2 heterocycles. The summed E-state index contributed by atoms with van der Waals surface area (Å²) in [6, 6.07) is 9.75. The molecular formula is C15H17N3OS. The van der Waals surface area contributed by atoms with Gasteiger partial charge in [-0.3, -0.25) is 9.69 Å². The number of carbonyl (C=O) groups is 1. The van der Waals surface area contributed by atoms with Crippen LogP contribution >= 0.6 is 11.3 Å². The van der Waals surface area contributed by atoms with E-state index in [2.05, 4.69) is 15.2 Å². The minimum absolute atomic E-state index is 0.00745. The van der Waals surface area contributed by atoms with Gasteiger partial charge in [0.1, 0.15) is 6.04 Å². The van der Waals surface area contributed by atoms with Crippen LogP contribution in [0, 0.1) is 0 Å². The van der Waals surface area contributed by atoms with E-state index < -0.39 is 0 Å². The van der Waals surface area contributed by atoms with Gasteiger partial charge in [-0.15, -0.1) is 11.3 Å². The molecule has 2 aromatic rings. The molecule has 0 spiro atoms. The highest BCUT2D eigenvalue weighted by Crippen LogP contribution is 2.26. The number of likely N-dealkylation sites (tertiary alicyclic amines) is 1. The fourth-order valence-corrected chi connectivity index (χ4v) is 3.15. The molecule has 104 valence electrons. The Balaban J connectivity index is 1.83. The average molecular weight is 287 g/mol. The van der Waals surface area contributed by atoms with Crippen molar-refractivity contribution >= 4 is 22.4 Å². The van der Waals surface area contributed by atoms with Crippen LogP contribution in [0.5, 0.6) is 0 Å². The lowest BCUT2D eigenvalue weighted by Crippen LogP contribution is -2.35. The van der Waals surface area contributed by atoms with Crippen LogP contribution in [0.2, 0.25) is 0 Å². The summed E-state index contributed by atoms with van der Waals surface area (Å²) in [7, 11) is 0. The Morgan fingerprint density at radius 2 is 2.00 bits per heavy atom. The van der Waals surface area contributed by atoms with E-state index in [0.29, 0.717) is 5.13 Å². The van der Waals surface area contributed by atoms with Gasteiger partial charge in [0.2, 0.25) is 5.91 Å². The molecular weight excluding hydrogens is 270 g/mol. The third-order valence-corrected chi connectivity index (χ3v) is 4.22. The van der Waals surface area contributed by atoms with Crippen molar-refractivity contribution in [2.75, 3.05) is 18.4 Å². The van der Waals surface area contributed by atoms with Crippen LogP contribution in [0.4, 0.5) is 5.13 Å². The summed E-state index contributed by atoms with van der Waals surface area (Å²) in [6.45, 7) is 1.95. The lowest BCUT2D eigenvalue weighted by Gasteiger charge is -2.26. The predicted molar refractivity (Wildman–Crippen MR) is 80.7 cm³/mol. The normalized spacial score (nSPS) is 17.0. The molecule has 0 bridgehead atoms. The van der Waals surface area contributed by atoms with Crippen molar-refractivity contribution in [1.29, 1.82) is 0 Å². The molecule has 1 aromatic heterocycles. The second-order valence-electron chi connectivity index (χ2n) is 4.88. The van der Waals surface area contributed by atoms with Crippen LogP contribution in [0.3, 0.4) is 0 Å². The van der Waals surface area contributed by atoms with Gasteiger partial charge in [-0.2, -0.15) is 0 Å². The highest BCUT2D eigenvalue weighted by molar-refractivity contribution is 7.13. The van der Waals surface area contributed by atoms with Gasteiger partial charge in [-0.25, -0.2) is 4.98 Å². The van der Waals surface area contributed by atoms with Crippen LogP contribution in [0.25, 0.3) is 0 Å². The highest BCUT2D eigenvalue weighted by Gasteiger charge is 2.29. The monoisotopic (exact) mass is 287 g/mol. The molecule has 1 atom stereocenters. The van der Waals surface area contributed by atoms with Gasteiger partial charge < -0.3 is 5.32 Å². The average Bonchev–Trinajstić information content (AvgIpc) is 3.14. The lowest BCUT2D eigenvalue weighted by molar-refractivity contribution is -0.121. The smallest absolute Gasteiger partial charge is 0.248 e. The Bertz CT molecular complexity index is 550. The van der Waals surface area contributed by atoms with E-state index in [0.717, 1.165) is 31.5 Å². The number of hydrogen-bond acceptors (Lipinski definition) is 4. The molecule has 5 heteroatoms. The molecule has 0 aliphatic carbocycles. The topological polar surface area (TPSA) is 45.2 Å². The summed E-state index contributed by atoms with van der Waals surface area (Å²) in [5.74, 6) is 0.00745. The SMILES string of the molecule is O=C(Nc1nccs1)[C@@H](c1ccccc1)N1CCCC1. The Hall–Kier alpha value is -1.72. The molecule has 1 aliphatic heterocycles. The minimum atomic E-state index is -0.220. The summed E-state index contributed by atoms with van der Waals surface area (Å²) in [6.07, 6.45) is 4.02. The molecule has 0 unspecified atom stereocenters. The Morgan fingerprint density at radius 1 is 1.25 bits per heavy atom. The van der Waals surface area contributed by atoms with Crippen molar-refractivity contribution in [3.63, 3.8) is 0 Å². The second kappa shape index (κ2) is 6.15. The van der Waals surface area contributed by atoms with Gasteiger partial charge in [0.25, 0.3) is 0 Å². The fraction of sp³-hybridized carbons (Fsp3) is 0.333. The number of carbonyl (C=O) groups excluding carboxylic acids is 1. The molecule has 3 rings (SSSR count). The van der Waals surface area contributed by atoms with Crippen LogP contribution in [0.15, 0.2) is 41.9 Å². The van der Waals surface area contributed by atoms with Crippen LogP contribution in [-0.4, -0.2) is 28.9 Å². The van der Waals surface area contributed by atoms with Crippen LogP contribution in [0.1, 0.15) is 24.4 Å². The first kappa shape index (κ1) is 13.3. The van der Waals surface area contributed by atoms with Crippen molar-refractivity contribution < 1.29 is 4.79 Å². The number of rotatable bonds is 4. The molecule has 0 saturated carbocycles. The third kappa shape index (κ3) is 2.89. The summed E-state index contributed by atoms with van der Waals surface area (Å²) in [4.78, 5) is 19.0. The first-order valence-electron chi connectivity index (χ1n) is 6.84. The third-order valence-electron chi connectivity index (χ3n) is 3.53. The van der Waals surface area contributed by atoms with E-state index in [1.807, 2.05) is 35.7 Å². The van der Waals surface area contributed by atoms with E-state index in [-0.39, 0.29) is 11.9 Å². The number of nitrogens with zero attached hydrogens (tertiary/aromatic N) is 2. The van der Waals surface area contributed by atoms with Gasteiger partial charge in [-0.05, 0) is 31.5 Å². The summed E-state index contributed by atoms with van der Waals surface area (Å²) in [5, 5.41) is 5.45. The first-order valence-corrected chi connectivity index (χ1v) is 7.72. The van der Waals surface area contributed by atoms with Crippen molar-refractivity contribution in [3.05, 3.63) is 47.5 Å². The van der Waals surface area contributed by atoms with Crippen molar-refractivity contribution in [3.8, 4) is 0 Å². The number of amides is 1. The lowest BCUT2D eigenvalue weighted by atomic mass is 10.1. The molecule has 1 aliphatic rings. The maximum absolute atomic E-state index is 12.6. The zero-order valence-corrected chi connectivity index (χ0v) is 12.0. The van der Waals surface area contributed by atoms with Crippen molar-refractivity contribution in [2.24, 2.45) is 0 Å². The molecule has 4 nitrogen and oxygen atoms in total. The predicted octanol–water partition coefficient (Wildman–Crippen LogP) is 2.92. The largest absolute Gasteiger partial charge is 0.300 e. The standard InChI is InChI=1S/C15H17N3OS/c19-14(17-15-16-8-11-20-15)13(18-9-4-5-10-18)12-6-2-1-3-7-12/h1-3,6-8,11,13H,4-5,9-10H2,(H,16,17,19)/t13-/m1/s1. The zero-order valence-electron chi connectivity index (χ0n) is 11.2. The summed E-state index contributed by atoms with van der Waals surface area (Å²) in [5.41, 5.74) is 1.04. The molecule has 1 saturated heterocycles. The zero-order chi connectivity index (χ0) is 13.8. The van der Waals surface area contributed by atoms with Gasteiger partial charge >= 0.3 is 0 Å². The number of hydrogen-bond donors (Lipinski definition) is 1. The maximum Gasteiger partial charge on any atom is 0.248 e. The number of anilines is 1. The Kier molecular flexibility index (Phi) is 4.08. The quantitative estimate of drug-likeness (QED) is 0.940.